The van der Waals surface area contributed by atoms with Gasteiger partial charge in [0.15, 0.2) is 0 Å². The van der Waals surface area contributed by atoms with Crippen LogP contribution < -0.4 is 0 Å². The standard InChI is InChI=1S/C12H26Xe/c1-10(2)12-6-5-8-13(9-7-12)11(3)4/h10-13H,5-9H2,1-4H3. The molecule has 0 N–H and O–H groups in total. The van der Waals surface area contributed by atoms with Crippen molar-refractivity contribution in [1.82, 2.24) is 0 Å². The van der Waals surface area contributed by atoms with Crippen LogP contribution in [-0.2, 0) is 0 Å². The fourth-order valence-electron chi connectivity index (χ4n) is 2.13. The van der Waals surface area contributed by atoms with Gasteiger partial charge in [-0.05, 0) is 0 Å². The minimum absolute atomic E-state index is 0.496. The van der Waals surface area contributed by atoms with Crippen molar-refractivity contribution in [3.8, 4) is 0 Å². The topological polar surface area (TPSA) is 0 Å². The molecule has 1 rings (SSSR count). The SMILES string of the molecule is CC(C)C1CCC[XeH](C(C)C)CC1. The first-order valence-corrected chi connectivity index (χ1v) is 10.0. The zero-order valence-corrected chi connectivity index (χ0v) is 11.8. The molecule has 0 saturated carbocycles. The third kappa shape index (κ3) is 4.29. The van der Waals surface area contributed by atoms with Gasteiger partial charge in [0.05, 0.1) is 0 Å². The van der Waals surface area contributed by atoms with Crippen molar-refractivity contribution in [2.75, 3.05) is 0 Å². The molecule has 2 unspecified atom stereocenters. The van der Waals surface area contributed by atoms with Crippen molar-refractivity contribution in [1.29, 1.82) is 0 Å². The summed E-state index contributed by atoms with van der Waals surface area (Å²) in [6.07, 6.45) is 4.63. The van der Waals surface area contributed by atoms with Crippen molar-refractivity contribution >= 4 is 0 Å². The predicted octanol–water partition coefficient (Wildman–Crippen LogP) is 4.46. The van der Waals surface area contributed by atoms with Gasteiger partial charge in [-0.25, -0.2) is 0 Å². The third-order valence-electron chi connectivity index (χ3n) is 3.23. The Hall–Kier alpha value is 1.57. The molecule has 0 aliphatic carbocycles. The summed E-state index contributed by atoms with van der Waals surface area (Å²) in [6, 6.07) is 0. The van der Waals surface area contributed by atoms with Gasteiger partial charge < -0.3 is 0 Å². The summed E-state index contributed by atoms with van der Waals surface area (Å²) in [7, 11) is 0. The summed E-state index contributed by atoms with van der Waals surface area (Å²) in [5, 5.41) is 0. The molecule has 1 heterocycles. The van der Waals surface area contributed by atoms with Crippen molar-refractivity contribution in [3.63, 3.8) is 0 Å². The predicted molar refractivity (Wildman–Crippen MR) is 58.3 cm³/mol. The van der Waals surface area contributed by atoms with Gasteiger partial charge in [-0.15, -0.1) is 0 Å². The van der Waals surface area contributed by atoms with Gasteiger partial charge in [0.1, 0.15) is 0 Å². The van der Waals surface area contributed by atoms with E-state index in [1.165, 1.54) is 6.42 Å². The van der Waals surface area contributed by atoms with Gasteiger partial charge in [0.2, 0.25) is 0 Å². The Balaban J connectivity index is 2.39. The Morgan fingerprint density at radius 1 is 1.00 bits per heavy atom. The first kappa shape index (κ1) is 12.6. The first-order chi connectivity index (χ1) is 6.11. The van der Waals surface area contributed by atoms with E-state index in [0.717, 1.165) is 12.2 Å². The van der Waals surface area contributed by atoms with Crippen LogP contribution in [0.1, 0.15) is 47.0 Å². The van der Waals surface area contributed by atoms with Crippen molar-refractivity contribution in [2.45, 2.75) is 49.1 Å². The molecule has 1 fully saturated rings. The summed E-state index contributed by atoms with van der Waals surface area (Å²) in [5.41, 5.74) is 0. The Kier molecular flexibility index (Phi) is 6.05. The van der Waals surface area contributed by atoms with Crippen LogP contribution in [0.25, 0.3) is 0 Å². The van der Waals surface area contributed by atoms with Crippen LogP contribution in [0.3, 0.4) is 0 Å². The summed E-state index contributed by atoms with van der Waals surface area (Å²) < 4.78 is 4.35. The number of hydrogen-bond acceptors (Lipinski definition) is 0. The van der Waals surface area contributed by atoms with Crippen LogP contribution in [0.15, 0.2) is 0 Å². The van der Waals surface area contributed by atoms with E-state index in [1.807, 2.05) is 0 Å². The normalized spacial score (nSPS) is 33.7. The van der Waals surface area contributed by atoms with Crippen LogP contribution in [0.2, 0.25) is 2.16 Å². The van der Waals surface area contributed by atoms with Crippen LogP contribution in [0, 0.1) is 53.7 Å². The molecule has 0 nitrogen and oxygen atoms in total. The Morgan fingerprint density at radius 2 is 1.69 bits per heavy atom. The van der Waals surface area contributed by atoms with Gasteiger partial charge >= 0.3 is 103 Å². The molecule has 0 aromatic heterocycles. The van der Waals surface area contributed by atoms with E-state index in [9.17, 15) is 0 Å². The Labute approximate surface area is 101 Å². The zero-order valence-electron chi connectivity index (χ0n) is 9.65. The molecular weight excluding hydrogens is 275 g/mol. The summed E-state index contributed by atoms with van der Waals surface area (Å²) in [5.74, 6) is 1.99. The second-order valence-electron chi connectivity index (χ2n) is 4.82. The molecule has 0 spiro atoms. The molecule has 0 radical (unpaired) electrons. The van der Waals surface area contributed by atoms with E-state index in [2.05, 4.69) is 27.7 Å². The van der Waals surface area contributed by atoms with Gasteiger partial charge in [0, 0.05) is 0 Å². The molecule has 1 heteroatoms. The summed E-state index contributed by atoms with van der Waals surface area (Å²) >= 11 is -0.496. The van der Waals surface area contributed by atoms with Crippen LogP contribution in [0.4, 0.5) is 0 Å². The Bertz CT molecular complexity index is 124. The maximum atomic E-state index is 2.46. The molecule has 82 valence electrons. The molecule has 1 aliphatic heterocycles. The van der Waals surface area contributed by atoms with E-state index in [0.29, 0.717) is 0 Å². The molecule has 1 saturated heterocycles. The van der Waals surface area contributed by atoms with Gasteiger partial charge in [-0.1, -0.05) is 0 Å². The van der Waals surface area contributed by atoms with Crippen molar-refractivity contribution in [3.05, 3.63) is 0 Å². The molecule has 0 bridgehead atoms. The quantitative estimate of drug-likeness (QED) is 0.706. The van der Waals surface area contributed by atoms with E-state index in [1.54, 1.807) is 14.6 Å². The van der Waals surface area contributed by atoms with Gasteiger partial charge in [-0.3, -0.25) is 0 Å². The fourth-order valence-corrected chi connectivity index (χ4v) is 8.18. The average Bonchev–Trinajstić information content (AvgIpc) is 2.27. The van der Waals surface area contributed by atoms with Crippen molar-refractivity contribution < 1.29 is 41.8 Å². The second-order valence-corrected chi connectivity index (χ2v) is 12.3. The van der Waals surface area contributed by atoms with Crippen LogP contribution in [0.5, 0.6) is 0 Å². The van der Waals surface area contributed by atoms with Crippen molar-refractivity contribution in [2.24, 2.45) is 11.8 Å². The fraction of sp³-hybridized carbons (Fsp3) is 1.00. The average molecular weight is 302 g/mol. The molecule has 0 amide bonds. The molecule has 2 atom stereocenters. The molecule has 13 heavy (non-hydrogen) atoms. The summed E-state index contributed by atoms with van der Waals surface area (Å²) in [4.78, 5) is 0. The van der Waals surface area contributed by atoms with E-state index >= 15 is 0 Å². The van der Waals surface area contributed by atoms with Crippen LogP contribution in [-0.4, -0.2) is 0 Å². The van der Waals surface area contributed by atoms with Gasteiger partial charge in [-0.2, -0.15) is 0 Å². The Morgan fingerprint density at radius 3 is 2.23 bits per heavy atom. The van der Waals surface area contributed by atoms with E-state index in [4.69, 9.17) is 0 Å². The second kappa shape index (κ2) is 6.22. The molecule has 0 aromatic rings. The summed E-state index contributed by atoms with van der Waals surface area (Å²) in [6.45, 7) is 9.73. The third-order valence-corrected chi connectivity index (χ3v) is 10.9. The minimum atomic E-state index is -0.496. The molecule has 0 aromatic carbocycles. The number of rotatable bonds is 2. The molecular formula is C12H26Xe. The molecule has 1 aliphatic rings. The van der Waals surface area contributed by atoms with E-state index < -0.39 is 41.8 Å². The van der Waals surface area contributed by atoms with Gasteiger partial charge in [0.25, 0.3) is 0 Å². The monoisotopic (exact) mass is 302 g/mol. The first-order valence-electron chi connectivity index (χ1n) is 5.71. The van der Waals surface area contributed by atoms with E-state index in [-0.39, 0.29) is 0 Å². The van der Waals surface area contributed by atoms with Crippen LogP contribution >= 0.6 is 0 Å². The number of hydrogen-bond donors (Lipinski definition) is 0. The zero-order chi connectivity index (χ0) is 9.84. The maximum absolute atomic E-state index is 2.46.